The van der Waals surface area contributed by atoms with Gasteiger partial charge in [-0.3, -0.25) is 0 Å². The first-order valence-electron chi connectivity index (χ1n) is 8.23. The van der Waals surface area contributed by atoms with Crippen LogP contribution < -0.4 is 5.32 Å². The Balaban J connectivity index is 1.63. The van der Waals surface area contributed by atoms with E-state index in [9.17, 15) is 4.79 Å². The van der Waals surface area contributed by atoms with Gasteiger partial charge in [0.25, 0.3) is 0 Å². The molecule has 3 aromatic rings. The van der Waals surface area contributed by atoms with Gasteiger partial charge < -0.3 is 10.2 Å². The number of aromatic amines is 1. The maximum Gasteiger partial charge on any atom is 0.317 e. The Morgan fingerprint density at radius 3 is 2.85 bits per heavy atom. The average Bonchev–Trinajstić information content (AvgIpc) is 3.28. The molecule has 0 aliphatic heterocycles. The standard InChI is InChI=1S/C17H21N7OS/c1-10(15-11(2)26-12(3)19-15)24(4)17(25)18-9-13-6-5-7-14(8-13)16-20-22-23-21-16/h5-8,10H,9H2,1-4H3,(H,18,25)(H,20,21,22,23)/t10-/m0/s1. The van der Waals surface area contributed by atoms with Crippen LogP contribution in [0.4, 0.5) is 4.79 Å². The first-order valence-corrected chi connectivity index (χ1v) is 9.04. The molecule has 0 aliphatic rings. The maximum atomic E-state index is 12.5. The molecule has 8 nitrogen and oxygen atoms in total. The van der Waals surface area contributed by atoms with E-state index in [1.807, 2.05) is 45.0 Å². The van der Waals surface area contributed by atoms with E-state index in [0.29, 0.717) is 12.4 Å². The van der Waals surface area contributed by atoms with Crippen molar-refractivity contribution in [2.24, 2.45) is 0 Å². The summed E-state index contributed by atoms with van der Waals surface area (Å²) in [6, 6.07) is 7.45. The fourth-order valence-electron chi connectivity index (χ4n) is 2.70. The second-order valence-corrected chi connectivity index (χ2v) is 7.46. The molecule has 2 aromatic heterocycles. The molecule has 2 N–H and O–H groups in total. The lowest BCUT2D eigenvalue weighted by molar-refractivity contribution is 0.193. The van der Waals surface area contributed by atoms with Crippen molar-refractivity contribution < 1.29 is 4.79 Å². The number of benzene rings is 1. The Kier molecular flexibility index (Phi) is 5.27. The third-order valence-electron chi connectivity index (χ3n) is 4.21. The van der Waals surface area contributed by atoms with E-state index in [1.165, 1.54) is 0 Å². The molecule has 1 aromatic carbocycles. The minimum Gasteiger partial charge on any atom is -0.334 e. The summed E-state index contributed by atoms with van der Waals surface area (Å²) in [5.74, 6) is 0.526. The highest BCUT2D eigenvalue weighted by molar-refractivity contribution is 7.11. The monoisotopic (exact) mass is 371 g/mol. The number of carbonyl (C=O) groups excluding carboxylic acids is 1. The molecule has 2 amide bonds. The molecule has 0 bridgehead atoms. The summed E-state index contributed by atoms with van der Waals surface area (Å²) in [7, 11) is 1.78. The molecule has 0 fully saturated rings. The van der Waals surface area contributed by atoms with E-state index < -0.39 is 0 Å². The Labute approximate surface area is 155 Å². The van der Waals surface area contributed by atoms with Crippen LogP contribution in [0.5, 0.6) is 0 Å². The van der Waals surface area contributed by atoms with Crippen molar-refractivity contribution in [2.75, 3.05) is 7.05 Å². The largest absolute Gasteiger partial charge is 0.334 e. The summed E-state index contributed by atoms with van der Waals surface area (Å²) in [5.41, 5.74) is 2.76. The number of nitrogens with one attached hydrogen (secondary N) is 2. The lowest BCUT2D eigenvalue weighted by Gasteiger charge is -2.24. The predicted molar refractivity (Wildman–Crippen MR) is 99.6 cm³/mol. The number of carbonyl (C=O) groups is 1. The maximum absolute atomic E-state index is 12.5. The van der Waals surface area contributed by atoms with Gasteiger partial charge in [-0.15, -0.1) is 21.5 Å². The average molecular weight is 371 g/mol. The van der Waals surface area contributed by atoms with Gasteiger partial charge in [0.1, 0.15) is 0 Å². The van der Waals surface area contributed by atoms with E-state index in [1.54, 1.807) is 23.3 Å². The number of rotatable bonds is 5. The zero-order chi connectivity index (χ0) is 18.7. The smallest absolute Gasteiger partial charge is 0.317 e. The Morgan fingerprint density at radius 2 is 2.19 bits per heavy atom. The van der Waals surface area contributed by atoms with Gasteiger partial charge in [-0.05, 0) is 37.6 Å². The molecule has 0 saturated heterocycles. The van der Waals surface area contributed by atoms with Crippen molar-refractivity contribution in [1.82, 2.24) is 35.8 Å². The Hall–Kier alpha value is -2.81. The van der Waals surface area contributed by atoms with Crippen LogP contribution in [0, 0.1) is 13.8 Å². The van der Waals surface area contributed by atoms with Crippen LogP contribution in [0.25, 0.3) is 11.4 Å². The third-order valence-corrected chi connectivity index (χ3v) is 5.11. The molecule has 0 unspecified atom stereocenters. The highest BCUT2D eigenvalue weighted by Gasteiger charge is 2.21. The summed E-state index contributed by atoms with van der Waals surface area (Å²) >= 11 is 1.65. The quantitative estimate of drug-likeness (QED) is 0.718. The summed E-state index contributed by atoms with van der Waals surface area (Å²) in [5, 5.41) is 17.9. The van der Waals surface area contributed by atoms with Crippen molar-refractivity contribution >= 4 is 17.4 Å². The van der Waals surface area contributed by atoms with Crippen LogP contribution in [-0.2, 0) is 6.54 Å². The molecule has 0 aliphatic carbocycles. The van der Waals surface area contributed by atoms with Crippen LogP contribution in [-0.4, -0.2) is 43.6 Å². The molecular formula is C17H21N7OS. The van der Waals surface area contributed by atoms with Gasteiger partial charge in [-0.1, -0.05) is 18.2 Å². The van der Waals surface area contributed by atoms with Gasteiger partial charge in [-0.25, -0.2) is 9.78 Å². The number of aromatic nitrogens is 5. The Morgan fingerprint density at radius 1 is 1.38 bits per heavy atom. The number of thiazole rings is 1. The molecule has 2 heterocycles. The number of amides is 2. The SMILES string of the molecule is Cc1nc([C@H](C)N(C)C(=O)NCc2cccc(-c3nn[nH]n3)c2)c(C)s1. The highest BCUT2D eigenvalue weighted by atomic mass is 32.1. The molecular weight excluding hydrogens is 350 g/mol. The topological polar surface area (TPSA) is 99.7 Å². The van der Waals surface area contributed by atoms with Gasteiger partial charge in [0.05, 0.1) is 16.7 Å². The number of urea groups is 1. The number of aryl methyl sites for hydroxylation is 2. The minimum absolute atomic E-state index is 0.0920. The van der Waals surface area contributed by atoms with Crippen LogP contribution in [0.3, 0.4) is 0 Å². The summed E-state index contributed by atoms with van der Waals surface area (Å²) < 4.78 is 0. The first-order chi connectivity index (χ1) is 12.5. The van der Waals surface area contributed by atoms with Gasteiger partial charge >= 0.3 is 6.03 Å². The molecule has 0 radical (unpaired) electrons. The predicted octanol–water partition coefficient (Wildman–Crippen LogP) is 2.84. The van der Waals surface area contributed by atoms with Crippen molar-refractivity contribution in [3.05, 3.63) is 45.4 Å². The lowest BCUT2D eigenvalue weighted by atomic mass is 10.1. The van der Waals surface area contributed by atoms with E-state index in [4.69, 9.17) is 0 Å². The number of H-pyrrole nitrogens is 1. The zero-order valence-electron chi connectivity index (χ0n) is 15.1. The first kappa shape index (κ1) is 18.0. The molecule has 0 saturated carbocycles. The van der Waals surface area contributed by atoms with Crippen molar-refractivity contribution in [2.45, 2.75) is 33.4 Å². The van der Waals surface area contributed by atoms with E-state index in [0.717, 1.165) is 26.7 Å². The van der Waals surface area contributed by atoms with Gasteiger partial charge in [-0.2, -0.15) is 5.21 Å². The molecule has 0 spiro atoms. The van der Waals surface area contributed by atoms with Crippen LogP contribution in [0.1, 0.15) is 34.1 Å². The molecule has 9 heteroatoms. The van der Waals surface area contributed by atoms with E-state index in [2.05, 4.69) is 30.9 Å². The van der Waals surface area contributed by atoms with Crippen molar-refractivity contribution in [3.63, 3.8) is 0 Å². The number of nitrogens with zero attached hydrogens (tertiary/aromatic N) is 5. The minimum atomic E-state index is -0.146. The molecule has 3 rings (SSSR count). The van der Waals surface area contributed by atoms with Crippen LogP contribution in [0.2, 0.25) is 0 Å². The number of hydrogen-bond donors (Lipinski definition) is 2. The fourth-order valence-corrected chi connectivity index (χ4v) is 3.61. The molecule has 26 heavy (non-hydrogen) atoms. The highest BCUT2D eigenvalue weighted by Crippen LogP contribution is 2.26. The zero-order valence-corrected chi connectivity index (χ0v) is 16.0. The van der Waals surface area contributed by atoms with E-state index >= 15 is 0 Å². The Bertz CT molecular complexity index is 890. The van der Waals surface area contributed by atoms with Gasteiger partial charge in [0.2, 0.25) is 5.82 Å². The van der Waals surface area contributed by atoms with Crippen LogP contribution >= 0.6 is 11.3 Å². The van der Waals surface area contributed by atoms with Crippen LogP contribution in [0.15, 0.2) is 24.3 Å². The number of tetrazole rings is 1. The number of hydrogen-bond acceptors (Lipinski definition) is 6. The summed E-state index contributed by atoms with van der Waals surface area (Å²) in [6.07, 6.45) is 0. The van der Waals surface area contributed by atoms with Gasteiger partial charge in [0, 0.05) is 24.0 Å². The third kappa shape index (κ3) is 3.88. The van der Waals surface area contributed by atoms with Gasteiger partial charge in [0.15, 0.2) is 0 Å². The summed E-state index contributed by atoms with van der Waals surface area (Å²) in [4.78, 5) is 19.9. The normalized spacial score (nSPS) is 12.0. The van der Waals surface area contributed by atoms with E-state index in [-0.39, 0.29) is 12.1 Å². The summed E-state index contributed by atoms with van der Waals surface area (Å²) in [6.45, 7) is 6.41. The van der Waals surface area contributed by atoms with Crippen molar-refractivity contribution in [3.8, 4) is 11.4 Å². The second-order valence-electron chi connectivity index (χ2n) is 6.06. The lowest BCUT2D eigenvalue weighted by Crippen LogP contribution is -2.38. The fraction of sp³-hybridized carbons (Fsp3) is 0.353. The van der Waals surface area contributed by atoms with Crippen molar-refractivity contribution in [1.29, 1.82) is 0 Å². The molecule has 1 atom stereocenters. The second kappa shape index (κ2) is 7.61. The molecule has 136 valence electrons.